The normalized spacial score (nSPS) is 9.71. The Balaban J connectivity index is 2.65. The Morgan fingerprint density at radius 3 is 2.50 bits per heavy atom. The zero-order valence-corrected chi connectivity index (χ0v) is 7.43. The molecule has 0 saturated carbocycles. The summed E-state index contributed by atoms with van der Waals surface area (Å²) in [6, 6.07) is 5.87. The number of aromatic hydroxyl groups is 1. The van der Waals surface area contributed by atoms with Crippen molar-refractivity contribution < 1.29 is 19.8 Å². The van der Waals surface area contributed by atoms with E-state index >= 15 is 0 Å². The predicted octanol–water partition coefficient (Wildman–Crippen LogP) is 1.44. The highest BCUT2D eigenvalue weighted by molar-refractivity contribution is 5.97. The van der Waals surface area contributed by atoms with Gasteiger partial charge in [0.2, 0.25) is 0 Å². The molecular formula is C10H10O4. The number of rotatable bonds is 4. The third-order valence-electron chi connectivity index (χ3n) is 1.73. The van der Waals surface area contributed by atoms with Crippen molar-refractivity contribution in [2.75, 3.05) is 0 Å². The van der Waals surface area contributed by atoms with Crippen molar-refractivity contribution in [3.63, 3.8) is 0 Å². The number of benzene rings is 1. The number of carbonyl (C=O) groups is 2. The van der Waals surface area contributed by atoms with Crippen LogP contribution in [0.15, 0.2) is 24.3 Å². The lowest BCUT2D eigenvalue weighted by Gasteiger charge is -1.99. The van der Waals surface area contributed by atoms with Crippen molar-refractivity contribution in [2.45, 2.75) is 12.8 Å². The summed E-state index contributed by atoms with van der Waals surface area (Å²) in [4.78, 5) is 21.5. The van der Waals surface area contributed by atoms with Gasteiger partial charge in [0.25, 0.3) is 0 Å². The molecule has 0 radical (unpaired) electrons. The molecule has 74 valence electrons. The molecular weight excluding hydrogens is 184 g/mol. The van der Waals surface area contributed by atoms with E-state index in [-0.39, 0.29) is 24.4 Å². The average molecular weight is 194 g/mol. The van der Waals surface area contributed by atoms with E-state index in [4.69, 9.17) is 10.2 Å². The van der Waals surface area contributed by atoms with Gasteiger partial charge in [-0.15, -0.1) is 0 Å². The number of carboxylic acid groups (broad SMARTS) is 1. The summed E-state index contributed by atoms with van der Waals surface area (Å²) in [6.45, 7) is 0. The fraction of sp³-hybridized carbons (Fsp3) is 0.200. The van der Waals surface area contributed by atoms with Gasteiger partial charge in [-0.1, -0.05) is 12.1 Å². The Hall–Kier alpha value is -1.84. The zero-order chi connectivity index (χ0) is 10.6. The van der Waals surface area contributed by atoms with Crippen LogP contribution in [-0.4, -0.2) is 22.0 Å². The van der Waals surface area contributed by atoms with E-state index in [0.29, 0.717) is 5.56 Å². The average Bonchev–Trinajstić information content (AvgIpc) is 2.14. The van der Waals surface area contributed by atoms with E-state index in [0.717, 1.165) is 0 Å². The Kier molecular flexibility index (Phi) is 3.23. The van der Waals surface area contributed by atoms with Crippen LogP contribution >= 0.6 is 0 Å². The smallest absolute Gasteiger partial charge is 0.303 e. The molecule has 0 aliphatic heterocycles. The number of hydrogen-bond acceptors (Lipinski definition) is 3. The molecule has 4 nitrogen and oxygen atoms in total. The van der Waals surface area contributed by atoms with E-state index < -0.39 is 5.97 Å². The maximum absolute atomic E-state index is 11.3. The minimum atomic E-state index is -1.00. The molecule has 0 unspecified atom stereocenters. The van der Waals surface area contributed by atoms with Crippen molar-refractivity contribution >= 4 is 11.8 Å². The lowest BCUT2D eigenvalue weighted by Crippen LogP contribution is -2.03. The first-order valence-electron chi connectivity index (χ1n) is 4.13. The van der Waals surface area contributed by atoms with Gasteiger partial charge in [-0.05, 0) is 12.1 Å². The summed E-state index contributed by atoms with van der Waals surface area (Å²) in [7, 11) is 0. The largest absolute Gasteiger partial charge is 0.508 e. The van der Waals surface area contributed by atoms with E-state index in [1.165, 1.54) is 12.1 Å². The molecule has 0 aliphatic rings. The standard InChI is InChI=1S/C10H10O4/c11-8-3-1-2-7(6-8)9(12)4-5-10(13)14/h1-3,6,11H,4-5H2,(H,13,14). The van der Waals surface area contributed by atoms with Gasteiger partial charge < -0.3 is 10.2 Å². The first-order chi connectivity index (χ1) is 6.59. The summed E-state index contributed by atoms with van der Waals surface area (Å²) in [6.07, 6.45) is -0.229. The molecule has 0 amide bonds. The fourth-order valence-electron chi connectivity index (χ4n) is 1.04. The first kappa shape index (κ1) is 10.2. The van der Waals surface area contributed by atoms with Crippen LogP contribution in [0.5, 0.6) is 5.75 Å². The monoisotopic (exact) mass is 194 g/mol. The molecule has 0 aromatic heterocycles. The Bertz CT molecular complexity index is 357. The first-order valence-corrected chi connectivity index (χ1v) is 4.13. The van der Waals surface area contributed by atoms with E-state index in [1.807, 2.05) is 0 Å². The van der Waals surface area contributed by atoms with Gasteiger partial charge in [0, 0.05) is 12.0 Å². The highest BCUT2D eigenvalue weighted by Gasteiger charge is 2.08. The van der Waals surface area contributed by atoms with Crippen molar-refractivity contribution in [1.29, 1.82) is 0 Å². The zero-order valence-electron chi connectivity index (χ0n) is 7.43. The number of ketones is 1. The van der Waals surface area contributed by atoms with Crippen LogP contribution in [0.3, 0.4) is 0 Å². The highest BCUT2D eigenvalue weighted by atomic mass is 16.4. The maximum Gasteiger partial charge on any atom is 0.303 e. The van der Waals surface area contributed by atoms with Crippen LogP contribution in [0.2, 0.25) is 0 Å². The van der Waals surface area contributed by atoms with Crippen molar-refractivity contribution in [3.8, 4) is 5.75 Å². The second-order valence-electron chi connectivity index (χ2n) is 2.87. The second kappa shape index (κ2) is 4.41. The lowest BCUT2D eigenvalue weighted by atomic mass is 10.1. The van der Waals surface area contributed by atoms with E-state index in [1.54, 1.807) is 12.1 Å². The molecule has 0 bridgehead atoms. The van der Waals surface area contributed by atoms with Crippen molar-refractivity contribution in [2.24, 2.45) is 0 Å². The molecule has 0 fully saturated rings. The Labute approximate surface area is 80.8 Å². The number of phenols is 1. The molecule has 0 spiro atoms. The molecule has 2 N–H and O–H groups in total. The Morgan fingerprint density at radius 2 is 1.93 bits per heavy atom. The van der Waals surface area contributed by atoms with Crippen LogP contribution in [0, 0.1) is 0 Å². The fourth-order valence-corrected chi connectivity index (χ4v) is 1.04. The molecule has 0 saturated heterocycles. The van der Waals surface area contributed by atoms with Gasteiger partial charge >= 0.3 is 5.97 Å². The van der Waals surface area contributed by atoms with Crippen LogP contribution < -0.4 is 0 Å². The topological polar surface area (TPSA) is 74.6 Å². The molecule has 1 aromatic rings. The minimum absolute atomic E-state index is 0.00572. The highest BCUT2D eigenvalue weighted by Crippen LogP contribution is 2.13. The van der Waals surface area contributed by atoms with Gasteiger partial charge in [0.15, 0.2) is 5.78 Å². The van der Waals surface area contributed by atoms with Gasteiger partial charge in [-0.2, -0.15) is 0 Å². The number of hydrogen-bond donors (Lipinski definition) is 2. The maximum atomic E-state index is 11.3. The minimum Gasteiger partial charge on any atom is -0.508 e. The summed E-state index contributed by atoms with van der Waals surface area (Å²) in [5, 5.41) is 17.4. The van der Waals surface area contributed by atoms with E-state index in [2.05, 4.69) is 0 Å². The summed E-state index contributed by atoms with van der Waals surface area (Å²) >= 11 is 0. The third-order valence-corrected chi connectivity index (χ3v) is 1.73. The molecule has 0 heterocycles. The number of Topliss-reactive ketones (excluding diaryl/α,β-unsaturated/α-hetero) is 1. The van der Waals surface area contributed by atoms with Crippen molar-refractivity contribution in [1.82, 2.24) is 0 Å². The third kappa shape index (κ3) is 2.90. The summed E-state index contributed by atoms with van der Waals surface area (Å²) in [5.41, 5.74) is 0.339. The van der Waals surface area contributed by atoms with E-state index in [9.17, 15) is 9.59 Å². The molecule has 1 rings (SSSR count). The molecule has 4 heteroatoms. The summed E-state index contributed by atoms with van der Waals surface area (Å²) < 4.78 is 0. The van der Waals surface area contributed by atoms with Crippen LogP contribution in [0.25, 0.3) is 0 Å². The molecule has 1 aromatic carbocycles. The van der Waals surface area contributed by atoms with Crippen LogP contribution in [0.4, 0.5) is 0 Å². The van der Waals surface area contributed by atoms with Gasteiger partial charge in [0.05, 0.1) is 6.42 Å². The number of phenolic OH excluding ortho intramolecular Hbond substituents is 1. The van der Waals surface area contributed by atoms with Gasteiger partial charge in [-0.3, -0.25) is 9.59 Å². The number of aliphatic carboxylic acids is 1. The quantitative estimate of drug-likeness (QED) is 0.711. The SMILES string of the molecule is O=C(O)CCC(=O)c1cccc(O)c1. The lowest BCUT2D eigenvalue weighted by molar-refractivity contribution is -0.136. The van der Waals surface area contributed by atoms with Gasteiger partial charge in [0.1, 0.15) is 5.75 Å². The summed E-state index contributed by atoms with van der Waals surface area (Å²) in [5.74, 6) is -1.27. The molecule has 0 aliphatic carbocycles. The number of carbonyl (C=O) groups excluding carboxylic acids is 1. The molecule has 0 atom stereocenters. The van der Waals surface area contributed by atoms with Crippen molar-refractivity contribution in [3.05, 3.63) is 29.8 Å². The predicted molar refractivity (Wildman–Crippen MR) is 49.3 cm³/mol. The van der Waals surface area contributed by atoms with Crippen LogP contribution in [0.1, 0.15) is 23.2 Å². The van der Waals surface area contributed by atoms with Gasteiger partial charge in [-0.25, -0.2) is 0 Å². The second-order valence-corrected chi connectivity index (χ2v) is 2.87. The Morgan fingerprint density at radius 1 is 1.21 bits per heavy atom. The number of carboxylic acids is 1. The van der Waals surface area contributed by atoms with Crippen LogP contribution in [-0.2, 0) is 4.79 Å². The molecule has 14 heavy (non-hydrogen) atoms.